The molecule has 0 spiro atoms. The van der Waals surface area contributed by atoms with E-state index in [1.54, 1.807) is 24.3 Å². The predicted octanol–water partition coefficient (Wildman–Crippen LogP) is 4.13. The van der Waals surface area contributed by atoms with Crippen molar-refractivity contribution in [3.63, 3.8) is 0 Å². The lowest BCUT2D eigenvalue weighted by Gasteiger charge is -2.12. The molecule has 0 bridgehead atoms. The molecule has 0 atom stereocenters. The third-order valence-corrected chi connectivity index (χ3v) is 5.94. The number of rotatable bonds is 8. The fourth-order valence-corrected chi connectivity index (χ4v) is 4.01. The van der Waals surface area contributed by atoms with E-state index in [0.717, 1.165) is 11.1 Å². The quantitative estimate of drug-likeness (QED) is 0.549. The molecule has 7 nitrogen and oxygen atoms in total. The standard InChI is InChI=1S/C23H24N2O5S/c1-16-5-4-6-17(2)23(16)30-15-22(26)24-18-9-13-21(14-10-18)31(27,28)25-19-7-11-20(29-3)12-8-19/h4-14,25H,15H2,1-3H3,(H,24,26). The molecule has 3 rings (SSSR count). The van der Waals surface area contributed by atoms with Crippen molar-refractivity contribution in [3.8, 4) is 11.5 Å². The molecule has 0 aliphatic heterocycles. The lowest BCUT2D eigenvalue weighted by molar-refractivity contribution is -0.118. The minimum atomic E-state index is -3.76. The van der Waals surface area contributed by atoms with Gasteiger partial charge in [0.2, 0.25) is 0 Å². The molecule has 162 valence electrons. The molecule has 31 heavy (non-hydrogen) atoms. The maximum atomic E-state index is 12.6. The predicted molar refractivity (Wildman–Crippen MR) is 120 cm³/mol. The first kappa shape index (κ1) is 22.2. The lowest BCUT2D eigenvalue weighted by Crippen LogP contribution is -2.20. The molecule has 0 aliphatic carbocycles. The number of sulfonamides is 1. The summed E-state index contributed by atoms with van der Waals surface area (Å²) in [7, 11) is -2.23. The van der Waals surface area contributed by atoms with E-state index in [-0.39, 0.29) is 17.4 Å². The lowest BCUT2D eigenvalue weighted by atomic mass is 10.1. The summed E-state index contributed by atoms with van der Waals surface area (Å²) in [4.78, 5) is 12.3. The minimum absolute atomic E-state index is 0.0769. The molecule has 0 aromatic heterocycles. The van der Waals surface area contributed by atoms with Gasteiger partial charge in [0.25, 0.3) is 15.9 Å². The highest BCUT2D eigenvalue weighted by Crippen LogP contribution is 2.23. The number of carbonyl (C=O) groups excluding carboxylic acids is 1. The summed E-state index contributed by atoms with van der Waals surface area (Å²) in [5.41, 5.74) is 2.79. The van der Waals surface area contributed by atoms with Gasteiger partial charge < -0.3 is 14.8 Å². The topological polar surface area (TPSA) is 93.7 Å². The number of benzene rings is 3. The van der Waals surface area contributed by atoms with Crippen molar-refractivity contribution in [1.82, 2.24) is 0 Å². The average molecular weight is 441 g/mol. The molecule has 0 aliphatic rings. The highest BCUT2D eigenvalue weighted by atomic mass is 32.2. The van der Waals surface area contributed by atoms with Crippen LogP contribution in [0.25, 0.3) is 0 Å². The fourth-order valence-electron chi connectivity index (χ4n) is 2.95. The number of nitrogens with one attached hydrogen (secondary N) is 2. The first-order valence-corrected chi connectivity index (χ1v) is 11.0. The summed E-state index contributed by atoms with van der Waals surface area (Å²) < 4.78 is 38.3. The number of anilines is 2. The molecule has 8 heteroatoms. The van der Waals surface area contributed by atoms with Gasteiger partial charge in [0.1, 0.15) is 11.5 Å². The zero-order valence-electron chi connectivity index (χ0n) is 17.5. The Morgan fingerprint density at radius 2 is 1.45 bits per heavy atom. The van der Waals surface area contributed by atoms with Crippen LogP contribution in [0.1, 0.15) is 11.1 Å². The molecule has 1 amide bonds. The van der Waals surface area contributed by atoms with Crippen LogP contribution in [0.2, 0.25) is 0 Å². The molecule has 0 saturated carbocycles. The Bertz CT molecular complexity index is 1140. The van der Waals surface area contributed by atoms with E-state index in [1.165, 1.54) is 31.4 Å². The van der Waals surface area contributed by atoms with Crippen molar-refractivity contribution in [3.05, 3.63) is 77.9 Å². The Morgan fingerprint density at radius 1 is 0.871 bits per heavy atom. The number of hydrogen-bond acceptors (Lipinski definition) is 5. The SMILES string of the molecule is COc1ccc(NS(=O)(=O)c2ccc(NC(=O)COc3c(C)cccc3C)cc2)cc1. The van der Waals surface area contributed by atoms with Crippen LogP contribution in [0.15, 0.2) is 71.6 Å². The van der Waals surface area contributed by atoms with Crippen molar-refractivity contribution < 1.29 is 22.7 Å². The van der Waals surface area contributed by atoms with E-state index in [1.807, 2.05) is 32.0 Å². The summed E-state index contributed by atoms with van der Waals surface area (Å²) in [6.45, 7) is 3.68. The second-order valence-electron chi connectivity index (χ2n) is 6.92. The summed E-state index contributed by atoms with van der Waals surface area (Å²) in [6.07, 6.45) is 0. The van der Waals surface area contributed by atoms with Gasteiger partial charge in [-0.05, 0) is 73.5 Å². The zero-order chi connectivity index (χ0) is 22.4. The molecule has 0 saturated heterocycles. The van der Waals surface area contributed by atoms with E-state index in [4.69, 9.17) is 9.47 Å². The molecule has 0 heterocycles. The van der Waals surface area contributed by atoms with Gasteiger partial charge in [-0.2, -0.15) is 0 Å². The number of carbonyl (C=O) groups is 1. The van der Waals surface area contributed by atoms with Gasteiger partial charge in [0.05, 0.1) is 12.0 Å². The summed E-state index contributed by atoms with van der Waals surface area (Å²) in [5.74, 6) is 0.975. The van der Waals surface area contributed by atoms with Crippen LogP contribution in [0, 0.1) is 13.8 Å². The summed E-state index contributed by atoms with van der Waals surface area (Å²) in [5, 5.41) is 2.70. The first-order valence-electron chi connectivity index (χ1n) is 9.54. The van der Waals surface area contributed by atoms with Gasteiger partial charge in [0.15, 0.2) is 6.61 Å². The third kappa shape index (κ3) is 5.76. The number of hydrogen-bond donors (Lipinski definition) is 2. The Labute approximate surface area is 182 Å². The third-order valence-electron chi connectivity index (χ3n) is 4.55. The highest BCUT2D eigenvalue weighted by Gasteiger charge is 2.15. The van der Waals surface area contributed by atoms with Crippen LogP contribution in [0.5, 0.6) is 11.5 Å². The number of aryl methyl sites for hydroxylation is 2. The number of amides is 1. The Morgan fingerprint density at radius 3 is 2.03 bits per heavy atom. The largest absolute Gasteiger partial charge is 0.497 e. The first-order chi connectivity index (χ1) is 14.8. The van der Waals surface area contributed by atoms with Crippen LogP contribution in [-0.2, 0) is 14.8 Å². The zero-order valence-corrected chi connectivity index (χ0v) is 18.3. The van der Waals surface area contributed by atoms with Crippen LogP contribution in [-0.4, -0.2) is 28.0 Å². The highest BCUT2D eigenvalue weighted by molar-refractivity contribution is 7.92. The Balaban J connectivity index is 1.60. The summed E-state index contributed by atoms with van der Waals surface area (Å²) in [6, 6.07) is 18.2. The average Bonchev–Trinajstić information content (AvgIpc) is 2.74. The monoisotopic (exact) mass is 440 g/mol. The van der Waals surface area contributed by atoms with Crippen molar-refractivity contribution >= 4 is 27.3 Å². The van der Waals surface area contributed by atoms with Gasteiger partial charge in [0, 0.05) is 11.4 Å². The molecule has 2 N–H and O–H groups in total. The fraction of sp³-hybridized carbons (Fsp3) is 0.174. The van der Waals surface area contributed by atoms with Gasteiger partial charge >= 0.3 is 0 Å². The smallest absolute Gasteiger partial charge is 0.262 e. The minimum Gasteiger partial charge on any atom is -0.497 e. The maximum absolute atomic E-state index is 12.6. The van der Waals surface area contributed by atoms with E-state index in [2.05, 4.69) is 10.0 Å². The van der Waals surface area contributed by atoms with E-state index in [0.29, 0.717) is 22.9 Å². The van der Waals surface area contributed by atoms with Gasteiger partial charge in [-0.15, -0.1) is 0 Å². The van der Waals surface area contributed by atoms with E-state index in [9.17, 15) is 13.2 Å². The van der Waals surface area contributed by atoms with Crippen LogP contribution in [0.4, 0.5) is 11.4 Å². The number of para-hydroxylation sites is 1. The van der Waals surface area contributed by atoms with E-state index >= 15 is 0 Å². The van der Waals surface area contributed by atoms with Crippen LogP contribution in [0.3, 0.4) is 0 Å². The number of ether oxygens (including phenoxy) is 2. The van der Waals surface area contributed by atoms with Crippen molar-refractivity contribution in [1.29, 1.82) is 0 Å². The van der Waals surface area contributed by atoms with Gasteiger partial charge in [-0.3, -0.25) is 9.52 Å². The van der Waals surface area contributed by atoms with Gasteiger partial charge in [-0.25, -0.2) is 8.42 Å². The maximum Gasteiger partial charge on any atom is 0.262 e. The molecule has 3 aromatic rings. The molecular formula is C23H24N2O5S. The van der Waals surface area contributed by atoms with Crippen LogP contribution >= 0.6 is 0 Å². The van der Waals surface area contributed by atoms with Gasteiger partial charge in [-0.1, -0.05) is 18.2 Å². The number of methoxy groups -OCH3 is 1. The normalized spacial score (nSPS) is 10.9. The Hall–Kier alpha value is -3.52. The molecular weight excluding hydrogens is 416 g/mol. The molecule has 3 aromatic carbocycles. The van der Waals surface area contributed by atoms with Crippen molar-refractivity contribution in [2.24, 2.45) is 0 Å². The second kappa shape index (κ2) is 9.53. The molecule has 0 fully saturated rings. The summed E-state index contributed by atoms with van der Waals surface area (Å²) >= 11 is 0. The van der Waals surface area contributed by atoms with E-state index < -0.39 is 10.0 Å². The second-order valence-corrected chi connectivity index (χ2v) is 8.60. The van der Waals surface area contributed by atoms with Crippen LogP contribution < -0.4 is 19.5 Å². The van der Waals surface area contributed by atoms with Crippen molar-refractivity contribution in [2.75, 3.05) is 23.8 Å². The van der Waals surface area contributed by atoms with Crippen molar-refractivity contribution in [2.45, 2.75) is 18.7 Å². The molecule has 0 radical (unpaired) electrons. The Kier molecular flexibility index (Phi) is 6.81. The molecule has 0 unspecified atom stereocenters.